The van der Waals surface area contributed by atoms with E-state index in [2.05, 4.69) is 30.2 Å². The molecule has 0 aliphatic heterocycles. The van der Waals surface area contributed by atoms with Crippen molar-refractivity contribution in [1.29, 1.82) is 0 Å². The number of hydrogen-bond acceptors (Lipinski definition) is 6. The summed E-state index contributed by atoms with van der Waals surface area (Å²) in [6.45, 7) is 11.4. The Bertz CT molecular complexity index is 810. The summed E-state index contributed by atoms with van der Waals surface area (Å²) in [6, 6.07) is 3.02. The second kappa shape index (κ2) is 13.3. The fourth-order valence-electron chi connectivity index (χ4n) is 3.34. The van der Waals surface area contributed by atoms with Gasteiger partial charge >= 0.3 is 6.09 Å². The van der Waals surface area contributed by atoms with Crippen LogP contribution in [-0.4, -0.2) is 58.4 Å². The summed E-state index contributed by atoms with van der Waals surface area (Å²) in [4.78, 5) is 40.3. The molecule has 0 radical (unpaired) electrons. The van der Waals surface area contributed by atoms with Crippen LogP contribution >= 0.6 is 12.6 Å². The zero-order chi connectivity index (χ0) is 25.2. The van der Waals surface area contributed by atoms with E-state index in [0.29, 0.717) is 17.7 Å². The quantitative estimate of drug-likeness (QED) is 0.285. The molecule has 1 rings (SSSR count). The Hall–Kier alpha value is -2.42. The van der Waals surface area contributed by atoms with Gasteiger partial charge in [-0.25, -0.2) is 4.79 Å². The number of hydrogen-bond donors (Lipinski definition) is 4. The molecule has 33 heavy (non-hydrogen) atoms. The highest BCUT2D eigenvalue weighted by Crippen LogP contribution is 2.32. The molecule has 0 saturated carbocycles. The summed E-state index contributed by atoms with van der Waals surface area (Å²) in [5, 5.41) is 16.1. The van der Waals surface area contributed by atoms with E-state index in [1.165, 1.54) is 4.90 Å². The standard InChI is InChI=1S/C24H39N3O5S/c1-7-9-10-14-25-21(29)19(17-13-11-12-16(3)20(17)28)27(8-2)22(30)18(15-33)26-23(31)32-24(4,5)6/h11-13,18-19,28,33H,7-10,14-15H2,1-6H3,(H,25,29)(H,26,31). The fraction of sp³-hybridized carbons (Fsp3) is 0.625. The second-order valence-electron chi connectivity index (χ2n) is 8.92. The van der Waals surface area contributed by atoms with Crippen molar-refractivity contribution in [3.63, 3.8) is 0 Å². The van der Waals surface area contributed by atoms with E-state index in [9.17, 15) is 19.5 Å². The van der Waals surface area contributed by atoms with Gasteiger partial charge in [0.05, 0.1) is 0 Å². The van der Waals surface area contributed by atoms with Crippen molar-refractivity contribution in [3.8, 4) is 5.75 Å². The van der Waals surface area contributed by atoms with Crippen molar-refractivity contribution < 1.29 is 24.2 Å². The van der Waals surface area contributed by atoms with Crippen LogP contribution in [0.25, 0.3) is 0 Å². The lowest BCUT2D eigenvalue weighted by Gasteiger charge is -2.33. The molecule has 0 aliphatic carbocycles. The molecule has 2 unspecified atom stereocenters. The zero-order valence-electron chi connectivity index (χ0n) is 20.6. The number of rotatable bonds is 11. The first kappa shape index (κ1) is 28.6. The van der Waals surface area contributed by atoms with Gasteiger partial charge in [0.15, 0.2) is 0 Å². The van der Waals surface area contributed by atoms with E-state index in [0.717, 1.165) is 19.3 Å². The van der Waals surface area contributed by atoms with E-state index >= 15 is 0 Å². The molecule has 0 bridgehead atoms. The maximum atomic E-state index is 13.4. The number of nitrogens with zero attached hydrogens (tertiary/aromatic N) is 1. The number of carbonyl (C=O) groups excluding carboxylic acids is 3. The second-order valence-corrected chi connectivity index (χ2v) is 9.28. The third-order valence-corrected chi connectivity index (χ3v) is 5.36. The maximum absolute atomic E-state index is 13.4. The minimum Gasteiger partial charge on any atom is -0.507 e. The van der Waals surface area contributed by atoms with Crippen LogP contribution in [0.5, 0.6) is 5.75 Å². The van der Waals surface area contributed by atoms with Crippen molar-refractivity contribution in [2.75, 3.05) is 18.8 Å². The lowest BCUT2D eigenvalue weighted by molar-refractivity contribution is -0.141. The smallest absolute Gasteiger partial charge is 0.408 e. The summed E-state index contributed by atoms with van der Waals surface area (Å²) in [7, 11) is 0. The minimum absolute atomic E-state index is 0.0131. The highest BCUT2D eigenvalue weighted by molar-refractivity contribution is 7.80. The van der Waals surface area contributed by atoms with Crippen LogP contribution in [-0.2, 0) is 14.3 Å². The number of unbranched alkanes of at least 4 members (excludes halogenated alkanes) is 2. The number of alkyl carbamates (subject to hydrolysis) is 1. The van der Waals surface area contributed by atoms with Gasteiger partial charge in [-0.15, -0.1) is 0 Å². The number of amides is 3. The van der Waals surface area contributed by atoms with Gasteiger partial charge in [-0.2, -0.15) is 12.6 Å². The molecule has 0 heterocycles. The number of phenols is 1. The molecule has 9 heteroatoms. The Labute approximate surface area is 202 Å². The minimum atomic E-state index is -1.06. The van der Waals surface area contributed by atoms with Crippen LogP contribution in [0.3, 0.4) is 0 Å². The average molecular weight is 482 g/mol. The van der Waals surface area contributed by atoms with Crippen LogP contribution in [0.15, 0.2) is 18.2 Å². The Kier molecular flexibility index (Phi) is 11.6. The third kappa shape index (κ3) is 8.79. The van der Waals surface area contributed by atoms with E-state index in [1.807, 2.05) is 0 Å². The van der Waals surface area contributed by atoms with E-state index in [4.69, 9.17) is 4.74 Å². The lowest BCUT2D eigenvalue weighted by atomic mass is 9.99. The monoisotopic (exact) mass is 481 g/mol. The van der Waals surface area contributed by atoms with Gasteiger partial charge in [0, 0.05) is 24.4 Å². The number of ether oxygens (including phenoxy) is 1. The Morgan fingerprint density at radius 2 is 1.85 bits per heavy atom. The molecule has 2 atom stereocenters. The van der Waals surface area contributed by atoms with Gasteiger partial charge in [-0.1, -0.05) is 38.0 Å². The maximum Gasteiger partial charge on any atom is 0.408 e. The van der Waals surface area contributed by atoms with Crippen LogP contribution in [0.2, 0.25) is 0 Å². The Balaban J connectivity index is 3.26. The number of benzene rings is 1. The predicted octanol–water partition coefficient (Wildman–Crippen LogP) is 3.72. The number of phenolic OH excluding ortho intramolecular Hbond substituents is 1. The first-order valence-corrected chi connectivity index (χ1v) is 12.1. The number of para-hydroxylation sites is 1. The topological polar surface area (TPSA) is 108 Å². The molecule has 0 aliphatic rings. The van der Waals surface area contributed by atoms with Crippen molar-refractivity contribution >= 4 is 30.5 Å². The number of thiol groups is 1. The lowest BCUT2D eigenvalue weighted by Crippen LogP contribution is -2.53. The SMILES string of the molecule is CCCCCNC(=O)C(c1cccc(C)c1O)N(CC)C(=O)C(CS)NC(=O)OC(C)(C)C. The number of carbonyl (C=O) groups is 3. The first-order chi connectivity index (χ1) is 15.5. The van der Waals surface area contributed by atoms with Gasteiger partial charge in [0.2, 0.25) is 11.8 Å². The molecule has 0 spiro atoms. The summed E-state index contributed by atoms with van der Waals surface area (Å²) in [5.74, 6) is -0.912. The molecule has 1 aromatic rings. The van der Waals surface area contributed by atoms with Gasteiger partial charge in [0.1, 0.15) is 23.4 Å². The van der Waals surface area contributed by atoms with Gasteiger partial charge < -0.3 is 25.4 Å². The van der Waals surface area contributed by atoms with Crippen molar-refractivity contribution in [1.82, 2.24) is 15.5 Å². The normalized spacial score (nSPS) is 13.1. The summed E-state index contributed by atoms with van der Waals surface area (Å²) in [6.07, 6.45) is 2.05. The average Bonchev–Trinajstić information content (AvgIpc) is 2.73. The van der Waals surface area contributed by atoms with Crippen molar-refractivity contribution in [3.05, 3.63) is 29.3 Å². The van der Waals surface area contributed by atoms with E-state index in [-0.39, 0.29) is 18.0 Å². The highest BCUT2D eigenvalue weighted by atomic mass is 32.1. The molecule has 8 nitrogen and oxygen atoms in total. The molecule has 186 valence electrons. The zero-order valence-corrected chi connectivity index (χ0v) is 21.5. The van der Waals surface area contributed by atoms with E-state index in [1.54, 1.807) is 52.8 Å². The molecule has 0 saturated heterocycles. The summed E-state index contributed by atoms with van der Waals surface area (Å²) in [5.41, 5.74) is 0.193. The van der Waals surface area contributed by atoms with Crippen LogP contribution in [0.1, 0.15) is 71.0 Å². The number of nitrogens with one attached hydrogen (secondary N) is 2. The summed E-state index contributed by atoms with van der Waals surface area (Å²) >= 11 is 4.23. The van der Waals surface area contributed by atoms with Gasteiger partial charge in [-0.05, 0) is 46.6 Å². The molecule has 3 amide bonds. The van der Waals surface area contributed by atoms with Crippen LogP contribution in [0.4, 0.5) is 4.79 Å². The van der Waals surface area contributed by atoms with Crippen LogP contribution in [0, 0.1) is 6.92 Å². The van der Waals surface area contributed by atoms with Gasteiger partial charge in [-0.3, -0.25) is 9.59 Å². The first-order valence-electron chi connectivity index (χ1n) is 11.4. The molecule has 0 fully saturated rings. The van der Waals surface area contributed by atoms with Gasteiger partial charge in [0.25, 0.3) is 0 Å². The molecular formula is C24H39N3O5S. The largest absolute Gasteiger partial charge is 0.507 e. The van der Waals surface area contributed by atoms with Crippen molar-refractivity contribution in [2.24, 2.45) is 0 Å². The number of aryl methyl sites for hydroxylation is 1. The molecule has 0 aromatic heterocycles. The fourth-order valence-corrected chi connectivity index (χ4v) is 3.58. The Morgan fingerprint density at radius 3 is 2.39 bits per heavy atom. The van der Waals surface area contributed by atoms with E-state index < -0.39 is 35.6 Å². The Morgan fingerprint density at radius 1 is 1.18 bits per heavy atom. The van der Waals surface area contributed by atoms with Crippen molar-refractivity contribution in [2.45, 2.75) is 78.5 Å². The van der Waals surface area contributed by atoms with Crippen LogP contribution < -0.4 is 10.6 Å². The molecule has 1 aromatic carbocycles. The number of likely N-dealkylation sites (N-methyl/N-ethyl adjacent to an activating group) is 1. The molecule has 3 N–H and O–H groups in total. The molecular weight excluding hydrogens is 442 g/mol. The third-order valence-electron chi connectivity index (χ3n) is 5.00. The predicted molar refractivity (Wildman–Crippen MR) is 133 cm³/mol. The summed E-state index contributed by atoms with van der Waals surface area (Å²) < 4.78 is 5.26. The number of aromatic hydroxyl groups is 1. The highest BCUT2D eigenvalue weighted by Gasteiger charge is 2.36.